The Morgan fingerprint density at radius 2 is 1.00 bits per heavy atom. The van der Waals surface area contributed by atoms with Crippen LogP contribution in [0.25, 0.3) is 0 Å². The van der Waals surface area contributed by atoms with Crippen LogP contribution in [0.5, 0.6) is 0 Å². The molecule has 0 amide bonds. The molecule has 0 saturated carbocycles. The molecule has 2 unspecified atom stereocenters. The molecule has 8 nitrogen and oxygen atoms in total. The fourth-order valence-corrected chi connectivity index (χ4v) is 6.46. The Morgan fingerprint density at radius 1 is 0.549 bits per heavy atom. The molecule has 1 N–H and O–H groups in total. The largest absolute Gasteiger partial charge is 0.472 e. The molecular weight excluding hydrogens is 663 g/mol. The molecule has 0 fully saturated rings. The van der Waals surface area contributed by atoms with Crippen molar-refractivity contribution in [1.82, 2.24) is 0 Å². The molecule has 0 aromatic carbocycles. The van der Waals surface area contributed by atoms with Crippen LogP contribution in [0.3, 0.4) is 0 Å². The first kappa shape index (κ1) is 49.3. The number of unbranched alkanes of at least 4 members (excludes halogenated alkanes) is 20. The number of hydrogen-bond donors (Lipinski definition) is 1. The van der Waals surface area contributed by atoms with Crippen LogP contribution in [0.15, 0.2) is 36.5 Å². The Hall–Kier alpha value is -1.73. The van der Waals surface area contributed by atoms with E-state index < -0.39 is 26.5 Å². The smallest absolute Gasteiger partial charge is 0.462 e. The van der Waals surface area contributed by atoms with Crippen LogP contribution in [0.2, 0.25) is 0 Å². The van der Waals surface area contributed by atoms with E-state index in [9.17, 15) is 19.0 Å². The highest BCUT2D eigenvalue weighted by Gasteiger charge is 2.25. The maximum atomic E-state index is 12.5. The molecule has 0 aliphatic carbocycles. The fourth-order valence-electron chi connectivity index (χ4n) is 5.70. The minimum absolute atomic E-state index is 0.00481. The Morgan fingerprint density at radius 3 is 1.51 bits per heavy atom. The average molecular weight is 741 g/mol. The van der Waals surface area contributed by atoms with E-state index in [0.29, 0.717) is 12.8 Å². The van der Waals surface area contributed by atoms with Crippen molar-refractivity contribution >= 4 is 19.8 Å². The predicted molar refractivity (Wildman–Crippen MR) is 212 cm³/mol. The zero-order chi connectivity index (χ0) is 37.5. The second kappa shape index (κ2) is 38.0. The van der Waals surface area contributed by atoms with Gasteiger partial charge in [0.15, 0.2) is 6.10 Å². The van der Waals surface area contributed by atoms with Crippen molar-refractivity contribution in [2.24, 2.45) is 0 Å². The van der Waals surface area contributed by atoms with Crippen molar-refractivity contribution in [2.45, 2.75) is 200 Å². The van der Waals surface area contributed by atoms with Crippen LogP contribution in [-0.4, -0.2) is 42.8 Å². The fraction of sp³-hybridized carbons (Fsp3) is 0.810. The summed E-state index contributed by atoms with van der Waals surface area (Å²) in [6.45, 7) is 5.33. The molecule has 2 atom stereocenters. The van der Waals surface area contributed by atoms with E-state index in [1.54, 1.807) is 6.92 Å². The van der Waals surface area contributed by atoms with Crippen LogP contribution in [0.4, 0.5) is 0 Å². The van der Waals surface area contributed by atoms with Crippen LogP contribution < -0.4 is 0 Å². The topological polar surface area (TPSA) is 108 Å². The van der Waals surface area contributed by atoms with E-state index in [4.69, 9.17) is 18.5 Å². The summed E-state index contributed by atoms with van der Waals surface area (Å²) in [7, 11) is -4.28. The third-order valence-corrected chi connectivity index (χ3v) is 9.77. The van der Waals surface area contributed by atoms with Crippen LogP contribution in [0.1, 0.15) is 194 Å². The first-order valence-electron chi connectivity index (χ1n) is 20.8. The highest BCUT2D eigenvalue weighted by molar-refractivity contribution is 7.47. The van der Waals surface area contributed by atoms with Gasteiger partial charge in [0.2, 0.25) is 0 Å². The molecule has 0 aliphatic heterocycles. The van der Waals surface area contributed by atoms with Crippen molar-refractivity contribution in [1.29, 1.82) is 0 Å². The molecule has 0 aromatic rings. The molecule has 0 rings (SSSR count). The first-order chi connectivity index (χ1) is 24.8. The van der Waals surface area contributed by atoms with Gasteiger partial charge in [-0.1, -0.05) is 166 Å². The minimum atomic E-state index is -4.28. The van der Waals surface area contributed by atoms with Gasteiger partial charge in [0, 0.05) is 12.8 Å². The lowest BCUT2D eigenvalue weighted by atomic mass is 10.0. The predicted octanol–water partition coefficient (Wildman–Crippen LogP) is 12.8. The normalized spacial score (nSPS) is 13.7. The number of carbonyl (C=O) groups excluding carboxylic acids is 2. The summed E-state index contributed by atoms with van der Waals surface area (Å²) in [5.41, 5.74) is 0. The van der Waals surface area contributed by atoms with Gasteiger partial charge < -0.3 is 14.4 Å². The van der Waals surface area contributed by atoms with Gasteiger partial charge in [-0.15, -0.1) is 0 Å². The Kier molecular flexibility index (Phi) is 36.7. The Balaban J connectivity index is 4.08. The monoisotopic (exact) mass is 741 g/mol. The van der Waals surface area contributed by atoms with Crippen LogP contribution in [0, 0.1) is 0 Å². The van der Waals surface area contributed by atoms with Crippen molar-refractivity contribution in [2.75, 3.05) is 19.8 Å². The van der Waals surface area contributed by atoms with Crippen LogP contribution >= 0.6 is 7.82 Å². The average Bonchev–Trinajstić information content (AvgIpc) is 3.10. The maximum Gasteiger partial charge on any atom is 0.472 e. The van der Waals surface area contributed by atoms with Crippen molar-refractivity contribution in [3.05, 3.63) is 36.5 Å². The summed E-state index contributed by atoms with van der Waals surface area (Å²) in [6, 6.07) is 0. The van der Waals surface area contributed by atoms with E-state index in [2.05, 4.69) is 50.3 Å². The molecule has 51 heavy (non-hydrogen) atoms. The number of hydrogen-bond acceptors (Lipinski definition) is 7. The summed E-state index contributed by atoms with van der Waals surface area (Å²) in [4.78, 5) is 34.7. The SMILES string of the molecule is CC/C=C\C/C=C\C/C=C\CCCCCC(=O)OC(COC(=O)CCCCCCCCCCCCCCCCCCCC)COP(=O)(O)OCC. The summed E-state index contributed by atoms with van der Waals surface area (Å²) >= 11 is 0. The molecule has 0 spiro atoms. The summed E-state index contributed by atoms with van der Waals surface area (Å²) in [5, 5.41) is 0. The molecule has 0 bridgehead atoms. The van der Waals surface area contributed by atoms with E-state index in [-0.39, 0.29) is 25.6 Å². The second-order valence-electron chi connectivity index (χ2n) is 13.6. The minimum Gasteiger partial charge on any atom is -0.462 e. The summed E-state index contributed by atoms with van der Waals surface area (Å²) in [6.07, 6.45) is 42.0. The number of carbonyl (C=O) groups is 2. The molecule has 9 heteroatoms. The first-order valence-corrected chi connectivity index (χ1v) is 22.3. The number of esters is 2. The highest BCUT2D eigenvalue weighted by atomic mass is 31.2. The molecule has 0 heterocycles. The van der Waals surface area contributed by atoms with E-state index >= 15 is 0 Å². The molecular formula is C42H77O8P. The third kappa shape index (κ3) is 37.8. The molecule has 0 aliphatic rings. The summed E-state index contributed by atoms with van der Waals surface area (Å²) < 4.78 is 32.6. The Bertz CT molecular complexity index is 932. The number of phosphoric acid groups is 1. The lowest BCUT2D eigenvalue weighted by Crippen LogP contribution is -2.29. The highest BCUT2D eigenvalue weighted by Crippen LogP contribution is 2.43. The van der Waals surface area contributed by atoms with E-state index in [0.717, 1.165) is 57.8 Å². The van der Waals surface area contributed by atoms with Gasteiger partial charge in [-0.2, -0.15) is 0 Å². The van der Waals surface area contributed by atoms with Gasteiger partial charge in [0.25, 0.3) is 0 Å². The third-order valence-electron chi connectivity index (χ3n) is 8.71. The molecule has 298 valence electrons. The molecule has 0 radical (unpaired) electrons. The van der Waals surface area contributed by atoms with Gasteiger partial charge >= 0.3 is 19.8 Å². The molecule has 0 saturated heterocycles. The lowest BCUT2D eigenvalue weighted by molar-refractivity contribution is -0.161. The Labute approximate surface area is 313 Å². The van der Waals surface area contributed by atoms with Gasteiger partial charge in [-0.05, 0) is 51.9 Å². The van der Waals surface area contributed by atoms with Crippen molar-refractivity contribution in [3.8, 4) is 0 Å². The van der Waals surface area contributed by atoms with E-state index in [1.807, 2.05) is 0 Å². The lowest BCUT2D eigenvalue weighted by Gasteiger charge is -2.19. The number of rotatable bonds is 38. The van der Waals surface area contributed by atoms with E-state index in [1.165, 1.54) is 96.3 Å². The second-order valence-corrected chi connectivity index (χ2v) is 15.1. The number of allylic oxidation sites excluding steroid dienone is 6. The van der Waals surface area contributed by atoms with Crippen LogP contribution in [-0.2, 0) is 32.7 Å². The van der Waals surface area contributed by atoms with Gasteiger partial charge in [0.05, 0.1) is 13.2 Å². The standard InChI is InChI=1S/C42H77O8P/c1-4-7-9-11-13-15-17-19-20-21-22-23-25-26-28-30-32-34-36-41(43)47-38-40(39-49-51(45,46)48-6-3)50-42(44)37-35-33-31-29-27-24-18-16-14-12-10-8-5-2/h8,10,14,16,24,27,40H,4-7,9,11-13,15,17-23,25-26,28-39H2,1-3H3,(H,45,46)/b10-8-,16-14-,27-24-. The van der Waals surface area contributed by atoms with Crippen molar-refractivity contribution < 1.29 is 37.6 Å². The van der Waals surface area contributed by atoms with Crippen molar-refractivity contribution in [3.63, 3.8) is 0 Å². The quantitative estimate of drug-likeness (QED) is 0.0288. The van der Waals surface area contributed by atoms with Gasteiger partial charge in [-0.25, -0.2) is 4.57 Å². The maximum absolute atomic E-state index is 12.5. The van der Waals surface area contributed by atoms with Gasteiger partial charge in [-0.3, -0.25) is 18.6 Å². The number of ether oxygens (including phenoxy) is 2. The number of phosphoric ester groups is 1. The summed E-state index contributed by atoms with van der Waals surface area (Å²) in [5.74, 6) is -0.827. The molecule has 0 aromatic heterocycles. The van der Waals surface area contributed by atoms with Gasteiger partial charge in [0.1, 0.15) is 6.61 Å². The zero-order valence-electron chi connectivity index (χ0n) is 33.0. The zero-order valence-corrected chi connectivity index (χ0v) is 33.9.